The first-order valence-electron chi connectivity index (χ1n) is 8.00. The standard InChI is InChI=1S/C20H18N4O/c1-15-5-10-19(23-18(15)12-21)22-13-16-6-8-17(9-7-16)14-24-11-3-2-4-20(24)25/h2-11H,13-14H2,1H3,(H,22,23). The normalized spacial score (nSPS) is 10.2. The van der Waals surface area contributed by atoms with Gasteiger partial charge >= 0.3 is 0 Å². The van der Waals surface area contributed by atoms with Crippen molar-refractivity contribution in [1.29, 1.82) is 5.26 Å². The minimum Gasteiger partial charge on any atom is -0.366 e. The highest BCUT2D eigenvalue weighted by Crippen LogP contribution is 2.12. The SMILES string of the molecule is Cc1ccc(NCc2ccc(Cn3ccccc3=O)cc2)nc1C#N. The van der Waals surface area contributed by atoms with Crippen molar-refractivity contribution >= 4 is 5.82 Å². The topological polar surface area (TPSA) is 70.7 Å². The second-order valence-corrected chi connectivity index (χ2v) is 5.81. The molecule has 2 heterocycles. The van der Waals surface area contributed by atoms with Crippen LogP contribution in [0, 0.1) is 18.3 Å². The largest absolute Gasteiger partial charge is 0.366 e. The molecular weight excluding hydrogens is 312 g/mol. The second-order valence-electron chi connectivity index (χ2n) is 5.81. The summed E-state index contributed by atoms with van der Waals surface area (Å²) in [5.41, 5.74) is 3.47. The van der Waals surface area contributed by atoms with Crippen molar-refractivity contribution in [1.82, 2.24) is 9.55 Å². The van der Waals surface area contributed by atoms with Crippen LogP contribution in [0.3, 0.4) is 0 Å². The molecule has 3 aromatic rings. The fourth-order valence-corrected chi connectivity index (χ4v) is 2.48. The van der Waals surface area contributed by atoms with Crippen LogP contribution in [0.15, 0.2) is 65.6 Å². The molecule has 0 saturated carbocycles. The Labute approximate surface area is 146 Å². The highest BCUT2D eigenvalue weighted by atomic mass is 16.1. The van der Waals surface area contributed by atoms with Crippen LogP contribution in [-0.4, -0.2) is 9.55 Å². The van der Waals surface area contributed by atoms with E-state index < -0.39 is 0 Å². The lowest BCUT2D eigenvalue weighted by Crippen LogP contribution is -2.18. The van der Waals surface area contributed by atoms with Crippen molar-refractivity contribution < 1.29 is 0 Å². The molecular formula is C20H18N4O. The minimum absolute atomic E-state index is 0.00742. The molecule has 0 radical (unpaired) electrons. The molecule has 0 atom stereocenters. The van der Waals surface area contributed by atoms with Crippen molar-refractivity contribution in [2.24, 2.45) is 0 Å². The molecule has 0 unspecified atom stereocenters. The predicted molar refractivity (Wildman–Crippen MR) is 97.3 cm³/mol. The van der Waals surface area contributed by atoms with E-state index in [1.807, 2.05) is 49.4 Å². The average molecular weight is 330 g/mol. The number of hydrogen-bond acceptors (Lipinski definition) is 4. The summed E-state index contributed by atoms with van der Waals surface area (Å²) in [6, 6.07) is 19.1. The van der Waals surface area contributed by atoms with Gasteiger partial charge in [-0.15, -0.1) is 0 Å². The molecule has 0 fully saturated rings. The van der Waals surface area contributed by atoms with E-state index >= 15 is 0 Å². The van der Waals surface area contributed by atoms with Gasteiger partial charge in [-0.25, -0.2) is 4.98 Å². The van der Waals surface area contributed by atoms with E-state index in [0.29, 0.717) is 24.6 Å². The zero-order valence-corrected chi connectivity index (χ0v) is 13.9. The zero-order chi connectivity index (χ0) is 17.6. The molecule has 0 saturated heterocycles. The second kappa shape index (κ2) is 7.45. The number of nitrogens with zero attached hydrogens (tertiary/aromatic N) is 3. The molecule has 2 aromatic heterocycles. The summed E-state index contributed by atoms with van der Waals surface area (Å²) in [4.78, 5) is 16.0. The molecule has 0 aliphatic carbocycles. The fourth-order valence-electron chi connectivity index (χ4n) is 2.48. The van der Waals surface area contributed by atoms with Crippen LogP contribution in [0.5, 0.6) is 0 Å². The average Bonchev–Trinajstić information content (AvgIpc) is 2.64. The van der Waals surface area contributed by atoms with E-state index in [0.717, 1.165) is 16.7 Å². The Hall–Kier alpha value is -3.39. The highest BCUT2D eigenvalue weighted by molar-refractivity contribution is 5.43. The maximum Gasteiger partial charge on any atom is 0.250 e. The fraction of sp³-hybridized carbons (Fsp3) is 0.150. The maximum atomic E-state index is 11.7. The van der Waals surface area contributed by atoms with Gasteiger partial charge in [0.2, 0.25) is 0 Å². The van der Waals surface area contributed by atoms with E-state index in [4.69, 9.17) is 5.26 Å². The number of benzene rings is 1. The van der Waals surface area contributed by atoms with Gasteiger partial charge in [0, 0.05) is 18.8 Å². The van der Waals surface area contributed by atoms with Crippen LogP contribution < -0.4 is 10.9 Å². The number of hydrogen-bond donors (Lipinski definition) is 1. The quantitative estimate of drug-likeness (QED) is 0.780. The lowest BCUT2D eigenvalue weighted by atomic mass is 10.1. The van der Waals surface area contributed by atoms with Crippen LogP contribution in [0.25, 0.3) is 0 Å². The van der Waals surface area contributed by atoms with Crippen LogP contribution in [0.2, 0.25) is 0 Å². The number of aromatic nitrogens is 2. The van der Waals surface area contributed by atoms with Crippen molar-refractivity contribution in [2.75, 3.05) is 5.32 Å². The number of pyridine rings is 2. The van der Waals surface area contributed by atoms with Gasteiger partial charge in [-0.1, -0.05) is 36.4 Å². The zero-order valence-electron chi connectivity index (χ0n) is 13.9. The summed E-state index contributed by atoms with van der Waals surface area (Å²) in [6.45, 7) is 3.04. The maximum absolute atomic E-state index is 11.7. The van der Waals surface area contributed by atoms with Gasteiger partial charge in [-0.3, -0.25) is 4.79 Å². The summed E-state index contributed by atoms with van der Waals surface area (Å²) in [5.74, 6) is 0.682. The van der Waals surface area contributed by atoms with E-state index in [2.05, 4.69) is 16.4 Å². The van der Waals surface area contributed by atoms with E-state index in [-0.39, 0.29) is 5.56 Å². The first-order valence-corrected chi connectivity index (χ1v) is 8.00. The summed E-state index contributed by atoms with van der Waals surface area (Å²) in [6.07, 6.45) is 1.79. The molecule has 0 aliphatic rings. The molecule has 25 heavy (non-hydrogen) atoms. The molecule has 5 heteroatoms. The molecule has 0 spiro atoms. The molecule has 1 aromatic carbocycles. The Kier molecular flexibility index (Phi) is 4.91. The number of nitrogens with one attached hydrogen (secondary N) is 1. The molecule has 0 amide bonds. The highest BCUT2D eigenvalue weighted by Gasteiger charge is 2.02. The molecule has 0 bridgehead atoms. The van der Waals surface area contributed by atoms with Crippen LogP contribution in [0.4, 0.5) is 5.82 Å². The molecule has 3 rings (SSSR count). The van der Waals surface area contributed by atoms with Gasteiger partial charge in [0.15, 0.2) is 0 Å². The molecule has 5 nitrogen and oxygen atoms in total. The Balaban J connectivity index is 1.64. The Morgan fingerprint density at radius 1 is 1.08 bits per heavy atom. The number of anilines is 1. The van der Waals surface area contributed by atoms with Gasteiger partial charge in [0.1, 0.15) is 17.6 Å². The van der Waals surface area contributed by atoms with E-state index in [1.165, 1.54) is 0 Å². The van der Waals surface area contributed by atoms with Crippen LogP contribution in [0.1, 0.15) is 22.4 Å². The Morgan fingerprint density at radius 2 is 1.84 bits per heavy atom. The van der Waals surface area contributed by atoms with Gasteiger partial charge in [-0.2, -0.15) is 5.26 Å². The first kappa shape index (κ1) is 16.5. The number of nitriles is 1. The number of aryl methyl sites for hydroxylation is 1. The van der Waals surface area contributed by atoms with Gasteiger partial charge in [0.25, 0.3) is 5.56 Å². The summed E-state index contributed by atoms with van der Waals surface area (Å²) >= 11 is 0. The van der Waals surface area contributed by atoms with Crippen LogP contribution >= 0.6 is 0 Å². The van der Waals surface area contributed by atoms with E-state index in [1.54, 1.807) is 22.9 Å². The Morgan fingerprint density at radius 3 is 2.56 bits per heavy atom. The summed E-state index contributed by atoms with van der Waals surface area (Å²) in [7, 11) is 0. The third-order valence-electron chi connectivity index (χ3n) is 3.95. The lowest BCUT2D eigenvalue weighted by Gasteiger charge is -2.09. The van der Waals surface area contributed by atoms with Gasteiger partial charge in [0.05, 0.1) is 6.54 Å². The van der Waals surface area contributed by atoms with Crippen LogP contribution in [-0.2, 0) is 13.1 Å². The van der Waals surface area contributed by atoms with Gasteiger partial charge in [-0.05, 0) is 35.7 Å². The van der Waals surface area contributed by atoms with Crippen molar-refractivity contribution in [3.05, 3.63) is 93.5 Å². The monoisotopic (exact) mass is 330 g/mol. The van der Waals surface area contributed by atoms with Crippen molar-refractivity contribution in [2.45, 2.75) is 20.0 Å². The lowest BCUT2D eigenvalue weighted by molar-refractivity contribution is 0.759. The first-order chi connectivity index (χ1) is 12.2. The smallest absolute Gasteiger partial charge is 0.250 e. The third kappa shape index (κ3) is 4.12. The minimum atomic E-state index is -0.00742. The molecule has 124 valence electrons. The van der Waals surface area contributed by atoms with Crippen molar-refractivity contribution in [3.8, 4) is 6.07 Å². The summed E-state index contributed by atoms with van der Waals surface area (Å²) in [5, 5.41) is 12.3. The predicted octanol–water partition coefficient (Wildman–Crippen LogP) is 3.08. The van der Waals surface area contributed by atoms with Crippen molar-refractivity contribution in [3.63, 3.8) is 0 Å². The van der Waals surface area contributed by atoms with E-state index in [9.17, 15) is 4.79 Å². The van der Waals surface area contributed by atoms with Gasteiger partial charge < -0.3 is 9.88 Å². The summed E-state index contributed by atoms with van der Waals surface area (Å²) < 4.78 is 1.67. The number of rotatable bonds is 5. The Bertz CT molecular complexity index is 968. The molecule has 1 N–H and O–H groups in total. The third-order valence-corrected chi connectivity index (χ3v) is 3.95. The molecule has 0 aliphatic heterocycles.